The van der Waals surface area contributed by atoms with Crippen LogP contribution in [-0.2, 0) is 9.59 Å². The van der Waals surface area contributed by atoms with Gasteiger partial charge in [0.15, 0.2) is 6.61 Å². The van der Waals surface area contributed by atoms with Crippen LogP contribution in [0.3, 0.4) is 0 Å². The second-order valence-corrected chi connectivity index (χ2v) is 8.31. The Balaban J connectivity index is 1.57. The summed E-state index contributed by atoms with van der Waals surface area (Å²) in [7, 11) is 0. The van der Waals surface area contributed by atoms with Crippen molar-refractivity contribution in [2.75, 3.05) is 19.7 Å². The maximum Gasteiger partial charge on any atom is 0.258 e. The van der Waals surface area contributed by atoms with Gasteiger partial charge >= 0.3 is 0 Å². The third-order valence-corrected chi connectivity index (χ3v) is 5.83. The lowest BCUT2D eigenvalue weighted by atomic mass is 9.96. The average molecular weight is 402 g/mol. The summed E-state index contributed by atoms with van der Waals surface area (Å²) < 4.78 is 5.50. The maximum atomic E-state index is 13.1. The minimum absolute atomic E-state index is 0.00610. The van der Waals surface area contributed by atoms with E-state index < -0.39 is 6.04 Å². The van der Waals surface area contributed by atoms with Crippen LogP contribution >= 0.6 is 11.3 Å². The van der Waals surface area contributed by atoms with Crippen LogP contribution < -0.4 is 10.1 Å². The van der Waals surface area contributed by atoms with E-state index in [0.29, 0.717) is 12.3 Å². The van der Waals surface area contributed by atoms with E-state index in [2.05, 4.69) is 10.3 Å². The normalized spacial score (nSPS) is 18.0. The first-order chi connectivity index (χ1) is 13.5. The molecule has 1 aromatic carbocycles. The highest BCUT2D eigenvalue weighted by atomic mass is 32.1. The number of thiazole rings is 1. The number of likely N-dealkylation sites (tertiary alicyclic amines) is 1. The molecule has 1 saturated heterocycles. The molecule has 0 saturated carbocycles. The Morgan fingerprint density at radius 3 is 2.79 bits per heavy atom. The third kappa shape index (κ3) is 5.32. The predicted octanol–water partition coefficient (Wildman–Crippen LogP) is 3.07. The Bertz CT molecular complexity index is 764. The number of carbonyl (C=O) groups excluding carboxylic acids is 2. The van der Waals surface area contributed by atoms with Crippen LogP contribution in [-0.4, -0.2) is 47.4 Å². The molecule has 0 radical (unpaired) electrons. The number of para-hydroxylation sites is 1. The number of nitrogens with one attached hydrogen (secondary N) is 1. The van der Waals surface area contributed by atoms with Crippen molar-refractivity contribution in [2.45, 2.75) is 38.6 Å². The highest BCUT2D eigenvalue weighted by Gasteiger charge is 2.32. The number of carbonyl (C=O) groups is 2. The molecule has 6 nitrogen and oxygen atoms in total. The van der Waals surface area contributed by atoms with E-state index in [0.717, 1.165) is 24.4 Å². The smallest absolute Gasteiger partial charge is 0.258 e. The molecule has 150 valence electrons. The van der Waals surface area contributed by atoms with E-state index >= 15 is 0 Å². The summed E-state index contributed by atoms with van der Waals surface area (Å²) in [5.74, 6) is 0.595. The summed E-state index contributed by atoms with van der Waals surface area (Å²) in [6.07, 6.45) is 3.80. The standard InChI is InChI=1S/C21H27N3O3S/c1-15(2)19(23-18(25)14-27-17-8-4-3-5-9-17)21(26)24-11-6-7-16(13-24)20-22-10-12-28-20/h3-5,8-10,12,15-16,19H,6-7,11,13-14H2,1-2H3,(H,23,25). The molecule has 2 unspecified atom stereocenters. The van der Waals surface area contributed by atoms with E-state index in [4.69, 9.17) is 4.74 Å². The van der Waals surface area contributed by atoms with Gasteiger partial charge in [-0.2, -0.15) is 0 Å². The van der Waals surface area contributed by atoms with Crippen molar-refractivity contribution in [3.8, 4) is 5.75 Å². The van der Waals surface area contributed by atoms with Crippen molar-refractivity contribution >= 4 is 23.2 Å². The van der Waals surface area contributed by atoms with Gasteiger partial charge in [-0.05, 0) is 30.9 Å². The van der Waals surface area contributed by atoms with Gasteiger partial charge in [-0.3, -0.25) is 9.59 Å². The number of amides is 2. The van der Waals surface area contributed by atoms with E-state index in [1.54, 1.807) is 23.5 Å². The molecule has 1 aliphatic heterocycles. The molecule has 1 aromatic heterocycles. The molecule has 0 aliphatic carbocycles. The van der Waals surface area contributed by atoms with E-state index in [1.807, 2.05) is 48.5 Å². The summed E-state index contributed by atoms with van der Waals surface area (Å²) in [6.45, 7) is 5.17. The Morgan fingerprint density at radius 1 is 1.32 bits per heavy atom. The first-order valence-corrected chi connectivity index (χ1v) is 10.6. The first-order valence-electron chi connectivity index (χ1n) is 9.70. The van der Waals surface area contributed by atoms with Crippen LogP contribution in [0.5, 0.6) is 5.75 Å². The molecular formula is C21H27N3O3S. The molecule has 0 bridgehead atoms. The highest BCUT2D eigenvalue weighted by Crippen LogP contribution is 2.28. The number of nitrogens with zero attached hydrogens (tertiary/aromatic N) is 2. The lowest BCUT2D eigenvalue weighted by molar-refractivity contribution is -0.139. The molecule has 1 fully saturated rings. The maximum absolute atomic E-state index is 13.1. The van der Waals surface area contributed by atoms with Gasteiger partial charge in [-0.1, -0.05) is 32.0 Å². The summed E-state index contributed by atoms with van der Waals surface area (Å²) >= 11 is 1.64. The summed E-state index contributed by atoms with van der Waals surface area (Å²) in [5, 5.41) is 5.92. The number of aromatic nitrogens is 1. The molecule has 7 heteroatoms. The van der Waals surface area contributed by atoms with Gasteiger partial charge in [0.1, 0.15) is 11.8 Å². The number of benzene rings is 1. The Labute approximate surface area is 169 Å². The van der Waals surface area contributed by atoms with Gasteiger partial charge in [0.25, 0.3) is 5.91 Å². The van der Waals surface area contributed by atoms with Gasteiger partial charge in [0, 0.05) is 30.6 Å². The fourth-order valence-electron chi connectivity index (χ4n) is 3.41. The van der Waals surface area contributed by atoms with E-state index in [9.17, 15) is 9.59 Å². The summed E-state index contributed by atoms with van der Waals surface area (Å²) in [6, 6.07) is 8.63. The van der Waals surface area contributed by atoms with Crippen molar-refractivity contribution in [2.24, 2.45) is 5.92 Å². The van der Waals surface area contributed by atoms with Crippen LogP contribution in [0.4, 0.5) is 0 Å². The number of hydrogen-bond donors (Lipinski definition) is 1. The fraction of sp³-hybridized carbons (Fsp3) is 0.476. The summed E-state index contributed by atoms with van der Waals surface area (Å²) in [4.78, 5) is 31.8. The number of piperidine rings is 1. The third-order valence-electron chi connectivity index (χ3n) is 4.90. The quantitative estimate of drug-likeness (QED) is 0.774. The topological polar surface area (TPSA) is 71.5 Å². The zero-order valence-electron chi connectivity index (χ0n) is 16.3. The van der Waals surface area contributed by atoms with Crippen molar-refractivity contribution in [3.05, 3.63) is 46.9 Å². The van der Waals surface area contributed by atoms with Crippen LogP contribution in [0.1, 0.15) is 37.6 Å². The van der Waals surface area contributed by atoms with Crippen molar-refractivity contribution in [1.29, 1.82) is 0 Å². The predicted molar refractivity (Wildman–Crippen MR) is 109 cm³/mol. The molecule has 1 N–H and O–H groups in total. The molecular weight excluding hydrogens is 374 g/mol. The second kappa shape index (κ2) is 9.68. The lowest BCUT2D eigenvalue weighted by Gasteiger charge is -2.35. The number of ether oxygens (including phenoxy) is 1. The molecule has 28 heavy (non-hydrogen) atoms. The largest absolute Gasteiger partial charge is 0.484 e. The minimum atomic E-state index is -0.554. The molecule has 2 heterocycles. The summed E-state index contributed by atoms with van der Waals surface area (Å²) in [5.41, 5.74) is 0. The molecule has 2 amide bonds. The zero-order chi connectivity index (χ0) is 19.9. The van der Waals surface area contributed by atoms with Crippen molar-refractivity contribution in [1.82, 2.24) is 15.2 Å². The van der Waals surface area contributed by atoms with Crippen molar-refractivity contribution in [3.63, 3.8) is 0 Å². The van der Waals surface area contributed by atoms with Gasteiger partial charge < -0.3 is 15.0 Å². The van der Waals surface area contributed by atoms with E-state index in [-0.39, 0.29) is 30.3 Å². The van der Waals surface area contributed by atoms with Crippen LogP contribution in [0.2, 0.25) is 0 Å². The molecule has 0 spiro atoms. The monoisotopic (exact) mass is 401 g/mol. The van der Waals surface area contributed by atoms with Crippen LogP contribution in [0, 0.1) is 5.92 Å². The van der Waals surface area contributed by atoms with Crippen LogP contribution in [0.25, 0.3) is 0 Å². The Kier molecular flexibility index (Phi) is 7.03. The van der Waals surface area contributed by atoms with Crippen LogP contribution in [0.15, 0.2) is 41.9 Å². The molecule has 2 atom stereocenters. The zero-order valence-corrected chi connectivity index (χ0v) is 17.2. The number of rotatable bonds is 7. The minimum Gasteiger partial charge on any atom is -0.484 e. The Morgan fingerprint density at radius 2 is 2.11 bits per heavy atom. The molecule has 3 rings (SSSR count). The molecule has 2 aromatic rings. The highest BCUT2D eigenvalue weighted by molar-refractivity contribution is 7.09. The van der Waals surface area contributed by atoms with Gasteiger partial charge in [-0.25, -0.2) is 4.98 Å². The average Bonchev–Trinajstić information content (AvgIpc) is 3.25. The van der Waals surface area contributed by atoms with Crippen molar-refractivity contribution < 1.29 is 14.3 Å². The fourth-order valence-corrected chi connectivity index (χ4v) is 4.17. The van der Waals surface area contributed by atoms with Gasteiger partial charge in [0.2, 0.25) is 5.91 Å². The van der Waals surface area contributed by atoms with Gasteiger partial charge in [0.05, 0.1) is 5.01 Å². The second-order valence-electron chi connectivity index (χ2n) is 7.38. The van der Waals surface area contributed by atoms with E-state index in [1.165, 1.54) is 0 Å². The SMILES string of the molecule is CC(C)C(NC(=O)COc1ccccc1)C(=O)N1CCCC(c2nccs2)C1. The lowest BCUT2D eigenvalue weighted by Crippen LogP contribution is -2.54. The molecule has 1 aliphatic rings. The first kappa shape index (κ1) is 20.3. The Hall–Kier alpha value is -2.41. The van der Waals surface area contributed by atoms with Gasteiger partial charge in [-0.15, -0.1) is 11.3 Å². The number of hydrogen-bond acceptors (Lipinski definition) is 5.